The fourth-order valence-corrected chi connectivity index (χ4v) is 8.35. The van der Waals surface area contributed by atoms with E-state index in [0.717, 1.165) is 12.8 Å². The topological polar surface area (TPSA) is 26.3 Å². The minimum absolute atomic E-state index is 0.363. The molecule has 90 valence electrons. The maximum atomic E-state index is 11.4. The summed E-state index contributed by atoms with van der Waals surface area (Å²) in [7, 11) is -1.04. The smallest absolute Gasteiger partial charge is 0.204 e. The van der Waals surface area contributed by atoms with Crippen molar-refractivity contribution in [2.24, 2.45) is 5.92 Å². The number of hydrogen-bond acceptors (Lipinski definition) is 2. The molecule has 2 rings (SSSR count). The third-order valence-corrected chi connectivity index (χ3v) is 9.52. The zero-order chi connectivity index (χ0) is 11.8. The van der Waals surface area contributed by atoms with Crippen molar-refractivity contribution >= 4 is 23.9 Å². The Bertz CT molecular complexity index is 270. The molecular formula is C12H22O2Si2. The van der Waals surface area contributed by atoms with Crippen molar-refractivity contribution in [1.29, 1.82) is 0 Å². The molecule has 2 radical (unpaired) electrons. The average molecular weight is 254 g/mol. The van der Waals surface area contributed by atoms with E-state index in [1.807, 2.05) is 0 Å². The molecule has 0 aromatic heterocycles. The average Bonchev–Trinajstić information content (AvgIpc) is 2.24. The lowest BCUT2D eigenvalue weighted by Gasteiger charge is -2.51. The highest BCUT2D eigenvalue weighted by atomic mass is 28.4. The highest BCUT2D eigenvalue weighted by molar-refractivity contribution is 6.68. The van der Waals surface area contributed by atoms with Gasteiger partial charge in [-0.05, 0) is 63.2 Å². The molecule has 1 saturated heterocycles. The van der Waals surface area contributed by atoms with Crippen LogP contribution < -0.4 is 0 Å². The van der Waals surface area contributed by atoms with Crippen LogP contribution in [-0.2, 0) is 8.91 Å². The van der Waals surface area contributed by atoms with E-state index in [2.05, 4.69) is 13.1 Å². The molecule has 0 N–H and O–H groups in total. The summed E-state index contributed by atoms with van der Waals surface area (Å²) in [5.41, 5.74) is 0. The molecule has 2 nitrogen and oxygen atoms in total. The van der Waals surface area contributed by atoms with Gasteiger partial charge in [0.1, 0.15) is 5.78 Å². The van der Waals surface area contributed by atoms with Gasteiger partial charge in [0.2, 0.25) is 9.04 Å². The minimum Gasteiger partial charge on any atom is -0.455 e. The van der Waals surface area contributed by atoms with E-state index in [9.17, 15) is 4.79 Å². The maximum absolute atomic E-state index is 11.4. The van der Waals surface area contributed by atoms with E-state index >= 15 is 0 Å². The van der Waals surface area contributed by atoms with Crippen LogP contribution in [0.1, 0.15) is 39.0 Å². The van der Waals surface area contributed by atoms with E-state index in [1.165, 1.54) is 25.3 Å². The van der Waals surface area contributed by atoms with Crippen molar-refractivity contribution in [2.75, 3.05) is 0 Å². The second-order valence-corrected chi connectivity index (χ2v) is 10.6. The first kappa shape index (κ1) is 12.5. The summed E-state index contributed by atoms with van der Waals surface area (Å²) >= 11 is 0. The van der Waals surface area contributed by atoms with Crippen LogP contribution in [0.3, 0.4) is 0 Å². The van der Waals surface area contributed by atoms with Gasteiger partial charge in [0.05, 0.1) is 0 Å². The van der Waals surface area contributed by atoms with Crippen molar-refractivity contribution in [3.8, 4) is 0 Å². The van der Waals surface area contributed by atoms with Crippen LogP contribution >= 0.6 is 0 Å². The molecule has 1 aliphatic heterocycles. The molecule has 2 aliphatic rings. The first-order chi connectivity index (χ1) is 7.53. The van der Waals surface area contributed by atoms with E-state index in [4.69, 9.17) is 4.12 Å². The molecule has 16 heavy (non-hydrogen) atoms. The SMILES string of the molecule is CC(=O)C1CCC2(CC1)CC[Si]2O[Si](C)C. The van der Waals surface area contributed by atoms with Crippen LogP contribution in [0, 0.1) is 5.92 Å². The number of hydrogen-bond donors (Lipinski definition) is 0. The summed E-state index contributed by atoms with van der Waals surface area (Å²) in [6.45, 7) is 6.25. The van der Waals surface area contributed by atoms with Gasteiger partial charge in [0.15, 0.2) is 9.04 Å². The third kappa shape index (κ3) is 2.33. The summed E-state index contributed by atoms with van der Waals surface area (Å²) < 4.78 is 6.19. The summed E-state index contributed by atoms with van der Waals surface area (Å²) in [6, 6.07) is 1.35. The molecule has 1 heterocycles. The van der Waals surface area contributed by atoms with Crippen molar-refractivity contribution < 1.29 is 8.91 Å². The van der Waals surface area contributed by atoms with Crippen LogP contribution in [0.2, 0.25) is 24.2 Å². The Kier molecular flexibility index (Phi) is 3.71. The molecule has 1 aliphatic carbocycles. The van der Waals surface area contributed by atoms with E-state index in [-0.39, 0.29) is 0 Å². The molecule has 0 unspecified atom stereocenters. The summed E-state index contributed by atoms with van der Waals surface area (Å²) in [5.74, 6) is 0.766. The van der Waals surface area contributed by atoms with Gasteiger partial charge in [0.25, 0.3) is 0 Å². The molecule has 0 atom stereocenters. The molecule has 0 amide bonds. The number of rotatable bonds is 3. The fraction of sp³-hybridized carbons (Fsp3) is 0.917. The van der Waals surface area contributed by atoms with Gasteiger partial charge in [-0.2, -0.15) is 0 Å². The first-order valence-electron chi connectivity index (χ1n) is 6.38. The molecular weight excluding hydrogens is 232 g/mol. The van der Waals surface area contributed by atoms with Crippen LogP contribution in [0.25, 0.3) is 0 Å². The monoisotopic (exact) mass is 254 g/mol. The number of carbonyl (C=O) groups excluding carboxylic acids is 1. The number of carbonyl (C=O) groups is 1. The Hall–Kier alpha value is 0.0638. The molecule has 1 spiro atoms. The van der Waals surface area contributed by atoms with Crippen molar-refractivity contribution in [2.45, 2.75) is 63.2 Å². The van der Waals surface area contributed by atoms with Crippen LogP contribution in [0.4, 0.5) is 0 Å². The van der Waals surface area contributed by atoms with Crippen LogP contribution in [-0.4, -0.2) is 23.9 Å². The van der Waals surface area contributed by atoms with Crippen molar-refractivity contribution in [3.63, 3.8) is 0 Å². The Morgan fingerprint density at radius 2 is 1.94 bits per heavy atom. The molecule has 0 bridgehead atoms. The predicted molar refractivity (Wildman–Crippen MR) is 69.1 cm³/mol. The Labute approximate surface area is 102 Å². The zero-order valence-electron chi connectivity index (χ0n) is 10.6. The molecule has 1 saturated carbocycles. The summed E-state index contributed by atoms with van der Waals surface area (Å²) in [6.07, 6.45) is 6.16. The lowest BCUT2D eigenvalue weighted by molar-refractivity contribution is -0.121. The predicted octanol–water partition coefficient (Wildman–Crippen LogP) is 3.17. The van der Waals surface area contributed by atoms with Gasteiger partial charge in [-0.15, -0.1) is 0 Å². The second-order valence-electron chi connectivity index (χ2n) is 5.60. The second kappa shape index (κ2) is 4.74. The van der Waals surface area contributed by atoms with E-state index in [0.29, 0.717) is 16.7 Å². The number of ketones is 1. The molecule has 2 fully saturated rings. The molecule has 0 aromatic rings. The lowest BCUT2D eigenvalue weighted by Crippen LogP contribution is -2.48. The van der Waals surface area contributed by atoms with Gasteiger partial charge in [-0.25, -0.2) is 0 Å². The maximum Gasteiger partial charge on any atom is 0.204 e. The normalized spacial score (nSPS) is 35.4. The fourth-order valence-electron chi connectivity index (χ4n) is 3.09. The van der Waals surface area contributed by atoms with Gasteiger partial charge in [0, 0.05) is 5.92 Å². The standard InChI is InChI=1S/C12H22O2Si2/c1-10(13)11-4-6-12(7-5-11)8-9-16(12)14-15(2)3/h11H,4-9H2,1-3H3. The largest absolute Gasteiger partial charge is 0.455 e. The molecule has 4 heteroatoms. The highest BCUT2D eigenvalue weighted by Gasteiger charge is 2.51. The van der Waals surface area contributed by atoms with Gasteiger partial charge in [-0.1, -0.05) is 0 Å². The summed E-state index contributed by atoms with van der Waals surface area (Å²) in [4.78, 5) is 11.4. The van der Waals surface area contributed by atoms with Gasteiger partial charge in [-0.3, -0.25) is 4.79 Å². The lowest BCUT2D eigenvalue weighted by atomic mass is 9.78. The Morgan fingerprint density at radius 1 is 1.31 bits per heavy atom. The number of Topliss-reactive ketones (excluding diaryl/α,β-unsaturated/α-hetero) is 1. The van der Waals surface area contributed by atoms with E-state index < -0.39 is 18.1 Å². The third-order valence-electron chi connectivity index (χ3n) is 4.27. The van der Waals surface area contributed by atoms with Crippen LogP contribution in [0.5, 0.6) is 0 Å². The highest BCUT2D eigenvalue weighted by Crippen LogP contribution is 2.59. The minimum atomic E-state index is -0.522. The Balaban J connectivity index is 1.89. The van der Waals surface area contributed by atoms with E-state index in [1.54, 1.807) is 6.92 Å². The summed E-state index contributed by atoms with van der Waals surface area (Å²) in [5, 5.41) is 0.568. The first-order valence-corrected chi connectivity index (χ1v) is 10.4. The van der Waals surface area contributed by atoms with Crippen LogP contribution in [0.15, 0.2) is 0 Å². The van der Waals surface area contributed by atoms with Crippen molar-refractivity contribution in [3.05, 3.63) is 0 Å². The Morgan fingerprint density at radius 3 is 2.31 bits per heavy atom. The van der Waals surface area contributed by atoms with Crippen molar-refractivity contribution in [1.82, 2.24) is 0 Å². The quantitative estimate of drug-likeness (QED) is 0.723. The van der Waals surface area contributed by atoms with Gasteiger partial charge >= 0.3 is 0 Å². The molecule has 0 aromatic carbocycles. The zero-order valence-corrected chi connectivity index (χ0v) is 12.6. The van der Waals surface area contributed by atoms with Gasteiger partial charge < -0.3 is 4.12 Å².